The molecule has 1 heterocycles. The Labute approximate surface area is 69.5 Å². The van der Waals surface area contributed by atoms with Gasteiger partial charge in [0.2, 0.25) is 0 Å². The van der Waals surface area contributed by atoms with Gasteiger partial charge in [0.05, 0.1) is 5.43 Å². The molecule has 0 spiro atoms. The zero-order valence-electron chi connectivity index (χ0n) is 6.36. The molecule has 0 radical (unpaired) electrons. The third-order valence-electron chi connectivity index (χ3n) is 1.62. The number of fused-ring (bicyclic) bond motifs is 1. The Bertz CT molecular complexity index is 436. The highest BCUT2D eigenvalue weighted by atomic mass is 31.0. The molecule has 0 N–H and O–H groups in total. The van der Waals surface area contributed by atoms with Crippen molar-refractivity contribution in [2.75, 3.05) is 0 Å². The second kappa shape index (κ2) is 2.53. The maximum Gasteiger partial charge on any atom is 0.152 e. The Morgan fingerprint density at radius 3 is 2.83 bits per heavy atom. The van der Waals surface area contributed by atoms with Gasteiger partial charge in [-0.1, -0.05) is 0 Å². The van der Waals surface area contributed by atoms with Gasteiger partial charge in [0, 0.05) is 11.2 Å². The Kier molecular flexibility index (Phi) is 1.62. The molecule has 2 aromatic rings. The first kappa shape index (κ1) is 7.69. The van der Waals surface area contributed by atoms with Gasteiger partial charge in [0.1, 0.15) is 11.3 Å². The molecule has 1 nitrogen and oxygen atoms in total. The molecule has 4 heteroatoms. The summed E-state index contributed by atoms with van der Waals surface area (Å²) in [5.74, 6) is -1.09. The fourth-order valence-electron chi connectivity index (χ4n) is 1.17. The molecule has 1 aromatic heterocycles. The standard InChI is InChI=1S/C8H6F2NP/c1-4-11-8-6(10)2-5(9)3-7(8)12-4/h2-3,12H,1H3. The molecule has 0 aliphatic carbocycles. The molecule has 1 atom stereocenters. The van der Waals surface area contributed by atoms with E-state index in [2.05, 4.69) is 4.98 Å². The summed E-state index contributed by atoms with van der Waals surface area (Å²) in [6.07, 6.45) is 0. The van der Waals surface area contributed by atoms with E-state index < -0.39 is 11.6 Å². The van der Waals surface area contributed by atoms with E-state index in [1.165, 1.54) is 6.07 Å². The molecule has 0 fully saturated rings. The number of aromatic nitrogens is 1. The number of benzene rings is 1. The predicted octanol–water partition coefficient (Wildman–Crippen LogP) is 2.85. The lowest BCUT2D eigenvalue weighted by Gasteiger charge is -1.90. The van der Waals surface area contributed by atoms with E-state index in [-0.39, 0.29) is 0 Å². The second-order valence-electron chi connectivity index (χ2n) is 2.61. The van der Waals surface area contributed by atoms with E-state index in [4.69, 9.17) is 0 Å². The first-order valence-electron chi connectivity index (χ1n) is 3.48. The van der Waals surface area contributed by atoms with Gasteiger partial charge in [-0.3, -0.25) is 0 Å². The first-order chi connectivity index (χ1) is 5.66. The van der Waals surface area contributed by atoms with Gasteiger partial charge in [0.15, 0.2) is 5.82 Å². The average molecular weight is 185 g/mol. The Hall–Kier alpha value is -0.950. The van der Waals surface area contributed by atoms with Crippen molar-refractivity contribution in [2.24, 2.45) is 0 Å². The van der Waals surface area contributed by atoms with Gasteiger partial charge in [-0.05, 0) is 13.0 Å². The molecule has 0 saturated heterocycles. The fourth-order valence-corrected chi connectivity index (χ4v) is 2.23. The molecule has 0 amide bonds. The van der Waals surface area contributed by atoms with Crippen molar-refractivity contribution < 1.29 is 8.78 Å². The topological polar surface area (TPSA) is 12.9 Å². The van der Waals surface area contributed by atoms with E-state index in [1.54, 1.807) is 0 Å². The molecule has 62 valence electrons. The molecule has 0 bridgehead atoms. The maximum absolute atomic E-state index is 13.0. The summed E-state index contributed by atoms with van der Waals surface area (Å²) in [6, 6.07) is 2.21. The van der Waals surface area contributed by atoms with Crippen LogP contribution in [-0.2, 0) is 0 Å². The van der Waals surface area contributed by atoms with Crippen molar-refractivity contribution in [1.29, 1.82) is 0 Å². The largest absolute Gasteiger partial charge is 0.246 e. The van der Waals surface area contributed by atoms with Gasteiger partial charge >= 0.3 is 0 Å². The molecule has 1 unspecified atom stereocenters. The number of halogens is 2. The third-order valence-corrected chi connectivity index (χ3v) is 2.75. The van der Waals surface area contributed by atoms with Gasteiger partial charge < -0.3 is 0 Å². The lowest BCUT2D eigenvalue weighted by Crippen LogP contribution is -1.80. The predicted molar refractivity (Wildman–Crippen MR) is 45.9 cm³/mol. The lowest BCUT2D eigenvalue weighted by molar-refractivity contribution is 0.591. The smallest absolute Gasteiger partial charge is 0.152 e. The number of aryl methyl sites for hydroxylation is 1. The van der Waals surface area contributed by atoms with Crippen LogP contribution in [0.2, 0.25) is 0 Å². The minimum Gasteiger partial charge on any atom is -0.246 e. The summed E-state index contributed by atoms with van der Waals surface area (Å²) in [7, 11) is 0.316. The van der Waals surface area contributed by atoms with Crippen molar-refractivity contribution in [1.82, 2.24) is 4.98 Å². The van der Waals surface area contributed by atoms with Crippen LogP contribution in [0.1, 0.15) is 5.43 Å². The normalized spacial score (nSPS) is 11.6. The highest BCUT2D eigenvalue weighted by Gasteiger charge is 2.06. The molecule has 0 saturated carbocycles. The minimum absolute atomic E-state index is 0.312. The van der Waals surface area contributed by atoms with Crippen LogP contribution in [0.4, 0.5) is 8.78 Å². The van der Waals surface area contributed by atoms with E-state index >= 15 is 0 Å². The highest BCUT2D eigenvalue weighted by molar-refractivity contribution is 7.37. The summed E-state index contributed by atoms with van der Waals surface area (Å²) in [5, 5.41) is 0.671. The van der Waals surface area contributed by atoms with Crippen LogP contribution >= 0.6 is 8.19 Å². The lowest BCUT2D eigenvalue weighted by atomic mass is 10.3. The van der Waals surface area contributed by atoms with E-state index in [0.29, 0.717) is 18.8 Å². The van der Waals surface area contributed by atoms with Crippen molar-refractivity contribution in [3.05, 3.63) is 29.2 Å². The number of hydrogen-bond acceptors (Lipinski definition) is 1. The third kappa shape index (κ3) is 1.10. The van der Waals surface area contributed by atoms with Crippen LogP contribution in [0.25, 0.3) is 10.6 Å². The Morgan fingerprint density at radius 1 is 1.33 bits per heavy atom. The van der Waals surface area contributed by atoms with Crippen LogP contribution < -0.4 is 0 Å². The highest BCUT2D eigenvalue weighted by Crippen LogP contribution is 2.28. The maximum atomic E-state index is 13.0. The number of hydrogen-bond donors (Lipinski definition) is 0. The van der Waals surface area contributed by atoms with E-state index in [9.17, 15) is 8.78 Å². The van der Waals surface area contributed by atoms with E-state index in [0.717, 1.165) is 11.5 Å². The van der Waals surface area contributed by atoms with Gasteiger partial charge in [0.25, 0.3) is 0 Å². The van der Waals surface area contributed by atoms with Gasteiger partial charge in [-0.25, -0.2) is 13.8 Å². The van der Waals surface area contributed by atoms with Crippen LogP contribution in [0, 0.1) is 18.6 Å². The molecule has 0 aliphatic heterocycles. The van der Waals surface area contributed by atoms with Gasteiger partial charge in [-0.2, -0.15) is 0 Å². The molecular weight excluding hydrogens is 179 g/mol. The summed E-state index contributed by atoms with van der Waals surface area (Å²) in [6.45, 7) is 1.82. The van der Waals surface area contributed by atoms with Crippen molar-refractivity contribution in [3.8, 4) is 0 Å². The molecular formula is C8H6F2NP. The Morgan fingerprint density at radius 2 is 2.08 bits per heavy atom. The zero-order chi connectivity index (χ0) is 8.72. The van der Waals surface area contributed by atoms with Crippen LogP contribution in [-0.4, -0.2) is 4.98 Å². The summed E-state index contributed by atoms with van der Waals surface area (Å²) in [4.78, 5) is 3.98. The second-order valence-corrected chi connectivity index (χ2v) is 4.12. The Balaban J connectivity index is 2.88. The number of nitrogens with zero attached hydrogens (tertiary/aromatic N) is 1. The average Bonchev–Trinajstić information content (AvgIpc) is 2.29. The molecule has 1 aromatic carbocycles. The number of rotatable bonds is 0. The minimum atomic E-state index is -0.561. The summed E-state index contributed by atoms with van der Waals surface area (Å²) >= 11 is 0. The quantitative estimate of drug-likeness (QED) is 0.614. The van der Waals surface area contributed by atoms with Gasteiger partial charge in [-0.15, -0.1) is 8.19 Å². The van der Waals surface area contributed by atoms with Crippen molar-refractivity contribution >= 4 is 18.8 Å². The fraction of sp³-hybridized carbons (Fsp3) is 0.125. The zero-order valence-corrected chi connectivity index (χ0v) is 7.36. The summed E-state index contributed by atoms with van der Waals surface area (Å²) < 4.78 is 25.6. The SMILES string of the molecule is Cc1nc2c(F)cc(F)cc2[pH]1. The van der Waals surface area contributed by atoms with Crippen LogP contribution in [0.15, 0.2) is 12.1 Å². The van der Waals surface area contributed by atoms with Crippen LogP contribution in [0.5, 0.6) is 0 Å². The molecule has 2 rings (SSSR count). The first-order valence-corrected chi connectivity index (χ1v) is 4.48. The molecule has 0 aliphatic rings. The van der Waals surface area contributed by atoms with Crippen molar-refractivity contribution in [3.63, 3.8) is 0 Å². The summed E-state index contributed by atoms with van der Waals surface area (Å²) in [5.41, 5.74) is 1.17. The molecule has 12 heavy (non-hydrogen) atoms. The van der Waals surface area contributed by atoms with E-state index in [1.807, 2.05) is 6.92 Å². The monoisotopic (exact) mass is 185 g/mol. The van der Waals surface area contributed by atoms with Crippen LogP contribution in [0.3, 0.4) is 0 Å². The van der Waals surface area contributed by atoms with Crippen molar-refractivity contribution in [2.45, 2.75) is 6.92 Å².